The van der Waals surface area contributed by atoms with Crippen LogP contribution in [0.5, 0.6) is 0 Å². The number of nitrogens with zero attached hydrogens (tertiary/aromatic N) is 7. The first kappa shape index (κ1) is 35.3. The molecule has 2 aliphatic heterocycles. The lowest BCUT2D eigenvalue weighted by molar-refractivity contribution is 0.669. The molecule has 296 valence electrons. The largest absolute Gasteiger partial charge is 0.456 e. The van der Waals surface area contributed by atoms with E-state index in [0.29, 0.717) is 0 Å². The number of fused-ring (bicyclic) bond motifs is 9. The van der Waals surface area contributed by atoms with Crippen molar-refractivity contribution in [2.45, 2.75) is 12.5 Å². The summed E-state index contributed by atoms with van der Waals surface area (Å²) in [6, 6.07) is 55.2. The summed E-state index contributed by atoms with van der Waals surface area (Å²) < 4.78 is 8.51. The Morgan fingerprint density at radius 1 is 0.492 bits per heavy atom. The second kappa shape index (κ2) is 14.0. The predicted molar refractivity (Wildman–Crippen MR) is 254 cm³/mol. The molecule has 0 aliphatic carbocycles. The predicted octanol–water partition coefficient (Wildman–Crippen LogP) is 13.3. The Balaban J connectivity index is 0.980. The number of para-hydroxylation sites is 1. The summed E-state index contributed by atoms with van der Waals surface area (Å²) in [5.41, 5.74) is 18.8. The lowest BCUT2D eigenvalue weighted by atomic mass is 9.99. The minimum absolute atomic E-state index is 0.107. The number of furan rings is 1. The molecule has 1 atom stereocenters. The van der Waals surface area contributed by atoms with Gasteiger partial charge in [-0.2, -0.15) is 0 Å². The van der Waals surface area contributed by atoms with Gasteiger partial charge in [-0.3, -0.25) is 15.0 Å². The van der Waals surface area contributed by atoms with Gasteiger partial charge in [-0.15, -0.1) is 0 Å². The molecule has 0 saturated carbocycles. The molecule has 0 amide bonds. The molecule has 0 N–H and O–H groups in total. The monoisotopic (exact) mass is 809 g/mol. The Hall–Kier alpha value is -8.49. The number of hydrogen-bond acceptors (Lipinski definition) is 7. The van der Waals surface area contributed by atoms with Gasteiger partial charge in [-0.1, -0.05) is 78.9 Å². The fraction of sp³-hybridized carbons (Fsp3) is 0.0364. The fourth-order valence-electron chi connectivity index (χ4n) is 9.53. The third kappa shape index (κ3) is 5.72. The first-order valence-corrected chi connectivity index (χ1v) is 21.1. The normalized spacial score (nSPS) is 14.4. The lowest BCUT2D eigenvalue weighted by Gasteiger charge is -2.28. The van der Waals surface area contributed by atoms with Gasteiger partial charge >= 0.3 is 0 Å². The van der Waals surface area contributed by atoms with E-state index in [2.05, 4.69) is 134 Å². The highest BCUT2D eigenvalue weighted by Gasteiger charge is 2.36. The smallest absolute Gasteiger partial charge is 0.135 e. The number of aliphatic imine (C=N–C) groups is 1. The molecule has 0 fully saturated rings. The molecule has 8 heterocycles. The standard InChI is InChI=1S/C55H35N7O/c1-3-9-34(10-4-1)36-25-38(31-57-29-36)46-17-20-50-54(59-46)55-51(21-18-47(60-55)39-26-37(30-58-32-39)35-11-5-2-6-12-35)62(50)40-15-19-48-43(27-40)45-33-56-24-23-49(45)61(48)41-16-22-53-44(28-41)42-13-7-8-14-52(42)63-53/h1-22,24-33,49H,23H2. The molecule has 0 spiro atoms. The topological polar surface area (TPSA) is 85.2 Å². The van der Waals surface area contributed by atoms with Crippen LogP contribution >= 0.6 is 0 Å². The maximum Gasteiger partial charge on any atom is 0.135 e. The van der Waals surface area contributed by atoms with Crippen molar-refractivity contribution >= 4 is 67.2 Å². The minimum Gasteiger partial charge on any atom is -0.456 e. The first-order valence-electron chi connectivity index (χ1n) is 21.1. The van der Waals surface area contributed by atoms with Crippen molar-refractivity contribution in [1.82, 2.24) is 24.5 Å². The van der Waals surface area contributed by atoms with E-state index >= 15 is 0 Å². The molecule has 2 aliphatic rings. The Labute approximate surface area is 361 Å². The summed E-state index contributed by atoms with van der Waals surface area (Å²) in [5, 5.41) is 2.22. The van der Waals surface area contributed by atoms with Crippen molar-refractivity contribution in [2.75, 3.05) is 4.90 Å². The van der Waals surface area contributed by atoms with Crippen molar-refractivity contribution < 1.29 is 4.42 Å². The van der Waals surface area contributed by atoms with E-state index < -0.39 is 0 Å². The van der Waals surface area contributed by atoms with E-state index in [-0.39, 0.29) is 6.04 Å². The van der Waals surface area contributed by atoms with Gasteiger partial charge in [0.05, 0.1) is 28.5 Å². The summed E-state index contributed by atoms with van der Waals surface area (Å²) in [4.78, 5) is 27.2. The van der Waals surface area contributed by atoms with Crippen LogP contribution < -0.4 is 4.90 Å². The van der Waals surface area contributed by atoms with E-state index in [0.717, 1.165) is 118 Å². The number of pyridine rings is 4. The SMILES string of the molecule is C1=NC=C2c3cc(-n4c5ccc(-c6cncc(-c7ccccc7)c6)nc5c5nc(-c6cncc(-c7ccccc7)c6)ccc54)ccc3N(c3ccc4oc5ccccc5c4c3)C2C1. The number of hydrogen-bond donors (Lipinski definition) is 0. The number of benzene rings is 5. The quantitative estimate of drug-likeness (QED) is 0.166. The van der Waals surface area contributed by atoms with Crippen molar-refractivity contribution in [3.63, 3.8) is 0 Å². The Morgan fingerprint density at radius 3 is 1.78 bits per heavy atom. The molecule has 8 heteroatoms. The Kier molecular flexibility index (Phi) is 7.86. The molecule has 0 radical (unpaired) electrons. The zero-order valence-corrected chi connectivity index (χ0v) is 33.8. The van der Waals surface area contributed by atoms with Crippen LogP contribution in [0.4, 0.5) is 11.4 Å². The first-order chi connectivity index (χ1) is 31.2. The zero-order valence-electron chi connectivity index (χ0n) is 33.8. The molecule has 1 unspecified atom stereocenters. The molecule has 6 aromatic heterocycles. The maximum atomic E-state index is 6.22. The third-order valence-electron chi connectivity index (χ3n) is 12.5. The highest BCUT2D eigenvalue weighted by Crippen LogP contribution is 2.49. The molecule has 5 aromatic carbocycles. The van der Waals surface area contributed by atoms with Crippen LogP contribution in [0.2, 0.25) is 0 Å². The van der Waals surface area contributed by atoms with Gasteiger partial charge < -0.3 is 13.9 Å². The second-order valence-electron chi connectivity index (χ2n) is 16.1. The van der Waals surface area contributed by atoms with Crippen LogP contribution in [-0.2, 0) is 0 Å². The Bertz CT molecular complexity index is 3540. The highest BCUT2D eigenvalue weighted by atomic mass is 16.3. The van der Waals surface area contributed by atoms with Crippen molar-refractivity contribution in [1.29, 1.82) is 0 Å². The summed E-state index contributed by atoms with van der Waals surface area (Å²) in [7, 11) is 0. The number of aromatic nitrogens is 5. The molecule has 0 bridgehead atoms. The van der Waals surface area contributed by atoms with Gasteiger partial charge in [0.25, 0.3) is 0 Å². The van der Waals surface area contributed by atoms with E-state index in [1.807, 2.05) is 85.7 Å². The van der Waals surface area contributed by atoms with Crippen molar-refractivity contribution in [2.24, 2.45) is 4.99 Å². The van der Waals surface area contributed by atoms with Crippen LogP contribution in [0.1, 0.15) is 12.0 Å². The maximum absolute atomic E-state index is 6.22. The molecule has 11 aromatic rings. The van der Waals surface area contributed by atoms with Gasteiger partial charge in [-0.25, -0.2) is 9.97 Å². The highest BCUT2D eigenvalue weighted by molar-refractivity contribution is 6.08. The number of anilines is 2. The van der Waals surface area contributed by atoms with Crippen molar-refractivity contribution in [3.05, 3.63) is 194 Å². The molecule has 8 nitrogen and oxygen atoms in total. The third-order valence-corrected chi connectivity index (χ3v) is 12.5. The van der Waals surface area contributed by atoms with Gasteiger partial charge in [0.15, 0.2) is 0 Å². The number of rotatable bonds is 6. The van der Waals surface area contributed by atoms with Crippen LogP contribution in [0.15, 0.2) is 198 Å². The lowest BCUT2D eigenvalue weighted by Crippen LogP contribution is -2.28. The second-order valence-corrected chi connectivity index (χ2v) is 16.1. The average Bonchev–Trinajstić information content (AvgIpc) is 4.01. The molecule has 63 heavy (non-hydrogen) atoms. The van der Waals surface area contributed by atoms with Crippen LogP contribution in [0, 0.1) is 0 Å². The van der Waals surface area contributed by atoms with E-state index in [9.17, 15) is 0 Å². The fourth-order valence-corrected chi connectivity index (χ4v) is 9.53. The van der Waals surface area contributed by atoms with E-state index in [1.165, 1.54) is 5.57 Å². The minimum atomic E-state index is 0.107. The van der Waals surface area contributed by atoms with Crippen LogP contribution in [0.25, 0.3) is 100 Å². The molecular formula is C55H35N7O. The summed E-state index contributed by atoms with van der Waals surface area (Å²) in [6.07, 6.45) is 12.4. The average molecular weight is 810 g/mol. The van der Waals surface area contributed by atoms with Crippen LogP contribution in [-0.4, -0.2) is 36.8 Å². The van der Waals surface area contributed by atoms with Gasteiger partial charge in [0.2, 0.25) is 0 Å². The molecular weight excluding hydrogens is 775 g/mol. The molecule has 0 saturated heterocycles. The van der Waals surface area contributed by atoms with E-state index in [4.69, 9.17) is 14.4 Å². The van der Waals surface area contributed by atoms with Gasteiger partial charge in [0.1, 0.15) is 22.2 Å². The Morgan fingerprint density at radius 2 is 1.10 bits per heavy atom. The van der Waals surface area contributed by atoms with Gasteiger partial charge in [-0.05, 0) is 90.0 Å². The van der Waals surface area contributed by atoms with E-state index in [1.54, 1.807) is 0 Å². The molecule has 13 rings (SSSR count). The summed E-state index contributed by atoms with van der Waals surface area (Å²) >= 11 is 0. The van der Waals surface area contributed by atoms with Gasteiger partial charge in [0, 0.05) is 105 Å². The van der Waals surface area contributed by atoms with Crippen LogP contribution in [0.3, 0.4) is 0 Å². The summed E-state index contributed by atoms with van der Waals surface area (Å²) in [6.45, 7) is 0. The summed E-state index contributed by atoms with van der Waals surface area (Å²) in [5.74, 6) is 0. The van der Waals surface area contributed by atoms with Crippen molar-refractivity contribution in [3.8, 4) is 50.5 Å². The zero-order chi connectivity index (χ0) is 41.4.